The highest BCUT2D eigenvalue weighted by atomic mass is 16.1. The monoisotopic (exact) mass is 252 g/mol. The molecule has 0 saturated heterocycles. The Balaban J connectivity index is 2.40. The number of rotatable bonds is 3. The maximum absolute atomic E-state index is 12.5. The lowest BCUT2D eigenvalue weighted by molar-refractivity contribution is 0.0940. The SMILES string of the molecule is CC(C)(C)CC(=O)c1ccccc1-c1ccccc1. The molecule has 98 valence electrons. The van der Waals surface area contributed by atoms with E-state index in [0.29, 0.717) is 6.42 Å². The molecule has 0 N–H and O–H groups in total. The molecular weight excluding hydrogens is 232 g/mol. The zero-order valence-corrected chi connectivity index (χ0v) is 11.8. The molecule has 0 unspecified atom stereocenters. The number of ketones is 1. The van der Waals surface area contributed by atoms with Gasteiger partial charge in [-0.3, -0.25) is 4.79 Å². The third-order valence-electron chi connectivity index (χ3n) is 3.00. The van der Waals surface area contributed by atoms with E-state index in [1.807, 2.05) is 54.6 Å². The highest BCUT2D eigenvalue weighted by Crippen LogP contribution is 2.28. The quantitative estimate of drug-likeness (QED) is 0.705. The highest BCUT2D eigenvalue weighted by Gasteiger charge is 2.19. The van der Waals surface area contributed by atoms with Gasteiger partial charge in [0.1, 0.15) is 0 Å². The van der Waals surface area contributed by atoms with Crippen LogP contribution >= 0.6 is 0 Å². The van der Waals surface area contributed by atoms with Crippen LogP contribution < -0.4 is 0 Å². The Morgan fingerprint density at radius 2 is 1.47 bits per heavy atom. The average molecular weight is 252 g/mol. The van der Waals surface area contributed by atoms with Crippen LogP contribution in [0.15, 0.2) is 54.6 Å². The van der Waals surface area contributed by atoms with Crippen LogP contribution in [0.5, 0.6) is 0 Å². The molecule has 1 heteroatoms. The molecule has 0 atom stereocenters. The summed E-state index contributed by atoms with van der Waals surface area (Å²) in [7, 11) is 0. The Morgan fingerprint density at radius 3 is 2.11 bits per heavy atom. The van der Waals surface area contributed by atoms with E-state index in [4.69, 9.17) is 0 Å². The average Bonchev–Trinajstić information content (AvgIpc) is 2.38. The summed E-state index contributed by atoms with van der Waals surface area (Å²) >= 11 is 0. The number of hydrogen-bond donors (Lipinski definition) is 0. The zero-order chi connectivity index (χ0) is 13.9. The van der Waals surface area contributed by atoms with E-state index < -0.39 is 0 Å². The number of hydrogen-bond acceptors (Lipinski definition) is 1. The fourth-order valence-electron chi connectivity index (χ4n) is 2.17. The first-order chi connectivity index (χ1) is 8.97. The molecule has 0 aromatic heterocycles. The van der Waals surface area contributed by atoms with Crippen LogP contribution in [0.2, 0.25) is 0 Å². The van der Waals surface area contributed by atoms with Gasteiger partial charge in [-0.15, -0.1) is 0 Å². The second-order valence-corrected chi connectivity index (χ2v) is 6.07. The molecule has 0 aliphatic carbocycles. The molecular formula is C18H20O. The predicted octanol–water partition coefficient (Wildman–Crippen LogP) is 4.97. The number of Topliss-reactive ketones (excluding diaryl/α,β-unsaturated/α-hetero) is 1. The van der Waals surface area contributed by atoms with E-state index in [-0.39, 0.29) is 11.2 Å². The molecule has 2 aromatic rings. The lowest BCUT2D eigenvalue weighted by atomic mass is 9.86. The van der Waals surface area contributed by atoms with Gasteiger partial charge < -0.3 is 0 Å². The maximum atomic E-state index is 12.5. The van der Waals surface area contributed by atoms with Crippen LogP contribution in [0.3, 0.4) is 0 Å². The summed E-state index contributed by atoms with van der Waals surface area (Å²) in [5.41, 5.74) is 2.96. The van der Waals surface area contributed by atoms with Gasteiger partial charge in [0, 0.05) is 12.0 Å². The summed E-state index contributed by atoms with van der Waals surface area (Å²) < 4.78 is 0. The molecule has 0 fully saturated rings. The van der Waals surface area contributed by atoms with Crippen LogP contribution in [0, 0.1) is 5.41 Å². The van der Waals surface area contributed by atoms with Crippen molar-refractivity contribution in [2.75, 3.05) is 0 Å². The molecule has 0 spiro atoms. The largest absolute Gasteiger partial charge is 0.294 e. The van der Waals surface area contributed by atoms with Gasteiger partial charge in [-0.25, -0.2) is 0 Å². The van der Waals surface area contributed by atoms with Crippen LogP contribution in [0.25, 0.3) is 11.1 Å². The van der Waals surface area contributed by atoms with Gasteiger partial charge in [0.2, 0.25) is 0 Å². The maximum Gasteiger partial charge on any atom is 0.164 e. The first-order valence-corrected chi connectivity index (χ1v) is 6.65. The molecule has 0 radical (unpaired) electrons. The summed E-state index contributed by atoms with van der Waals surface area (Å²) in [4.78, 5) is 12.5. The van der Waals surface area contributed by atoms with E-state index in [9.17, 15) is 4.79 Å². The third-order valence-corrected chi connectivity index (χ3v) is 3.00. The van der Waals surface area contributed by atoms with Crippen molar-refractivity contribution in [3.05, 3.63) is 60.2 Å². The molecule has 0 bridgehead atoms. The molecule has 2 aromatic carbocycles. The van der Waals surface area contributed by atoms with E-state index >= 15 is 0 Å². The number of carbonyl (C=O) groups excluding carboxylic acids is 1. The Hall–Kier alpha value is -1.89. The van der Waals surface area contributed by atoms with Crippen molar-refractivity contribution >= 4 is 5.78 Å². The van der Waals surface area contributed by atoms with E-state index in [0.717, 1.165) is 16.7 Å². The Labute approximate surface area is 115 Å². The molecule has 0 aliphatic heterocycles. The van der Waals surface area contributed by atoms with Crippen molar-refractivity contribution in [3.8, 4) is 11.1 Å². The lowest BCUT2D eigenvalue weighted by Gasteiger charge is -2.18. The minimum Gasteiger partial charge on any atom is -0.294 e. The normalized spacial score (nSPS) is 11.3. The first kappa shape index (κ1) is 13.5. The first-order valence-electron chi connectivity index (χ1n) is 6.65. The lowest BCUT2D eigenvalue weighted by Crippen LogP contribution is -2.13. The third kappa shape index (κ3) is 3.54. The standard InChI is InChI=1S/C18H20O/c1-18(2,3)13-17(19)16-12-8-7-11-15(16)14-9-5-4-6-10-14/h4-12H,13H2,1-3H3. The van der Waals surface area contributed by atoms with Crippen molar-refractivity contribution in [1.29, 1.82) is 0 Å². The fourth-order valence-corrected chi connectivity index (χ4v) is 2.17. The summed E-state index contributed by atoms with van der Waals surface area (Å²) in [5.74, 6) is 0.215. The number of benzene rings is 2. The van der Waals surface area contributed by atoms with Gasteiger partial charge in [0.05, 0.1) is 0 Å². The van der Waals surface area contributed by atoms with Crippen molar-refractivity contribution < 1.29 is 4.79 Å². The smallest absolute Gasteiger partial charge is 0.164 e. The Bertz CT molecular complexity index is 562. The van der Waals surface area contributed by atoms with Gasteiger partial charge in [-0.2, -0.15) is 0 Å². The minimum absolute atomic E-state index is 0.0148. The van der Waals surface area contributed by atoms with Gasteiger partial charge in [0.25, 0.3) is 0 Å². The van der Waals surface area contributed by atoms with E-state index in [1.165, 1.54) is 0 Å². The van der Waals surface area contributed by atoms with E-state index in [2.05, 4.69) is 20.8 Å². The molecule has 0 saturated carbocycles. The van der Waals surface area contributed by atoms with Crippen molar-refractivity contribution in [2.45, 2.75) is 27.2 Å². The summed E-state index contributed by atoms with van der Waals surface area (Å²) in [6.45, 7) is 6.28. The Morgan fingerprint density at radius 1 is 0.895 bits per heavy atom. The van der Waals surface area contributed by atoms with Crippen molar-refractivity contribution in [2.24, 2.45) is 5.41 Å². The number of carbonyl (C=O) groups is 1. The molecule has 0 heterocycles. The van der Waals surface area contributed by atoms with Crippen molar-refractivity contribution in [3.63, 3.8) is 0 Å². The highest BCUT2D eigenvalue weighted by molar-refractivity contribution is 6.02. The van der Waals surface area contributed by atoms with Crippen molar-refractivity contribution in [1.82, 2.24) is 0 Å². The van der Waals surface area contributed by atoms with Crippen LogP contribution in [0.4, 0.5) is 0 Å². The molecule has 19 heavy (non-hydrogen) atoms. The van der Waals surface area contributed by atoms with Gasteiger partial charge in [-0.1, -0.05) is 75.4 Å². The second kappa shape index (κ2) is 5.40. The predicted molar refractivity (Wildman–Crippen MR) is 80.3 cm³/mol. The van der Waals surface area contributed by atoms with Gasteiger partial charge in [-0.05, 0) is 16.5 Å². The van der Waals surface area contributed by atoms with E-state index in [1.54, 1.807) is 0 Å². The Kier molecular flexibility index (Phi) is 3.84. The van der Waals surface area contributed by atoms with Crippen LogP contribution in [-0.4, -0.2) is 5.78 Å². The fraction of sp³-hybridized carbons (Fsp3) is 0.278. The van der Waals surface area contributed by atoms with Crippen LogP contribution in [0.1, 0.15) is 37.6 Å². The zero-order valence-electron chi connectivity index (χ0n) is 11.8. The topological polar surface area (TPSA) is 17.1 Å². The summed E-state index contributed by atoms with van der Waals surface area (Å²) in [6, 6.07) is 17.9. The van der Waals surface area contributed by atoms with Gasteiger partial charge in [0.15, 0.2) is 5.78 Å². The summed E-state index contributed by atoms with van der Waals surface area (Å²) in [5, 5.41) is 0. The minimum atomic E-state index is 0.0148. The second-order valence-electron chi connectivity index (χ2n) is 6.07. The molecule has 0 aliphatic rings. The summed E-state index contributed by atoms with van der Waals surface area (Å²) in [6.07, 6.45) is 0.566. The molecule has 2 rings (SSSR count). The molecule has 1 nitrogen and oxygen atoms in total. The van der Waals surface area contributed by atoms with Gasteiger partial charge >= 0.3 is 0 Å². The molecule has 0 amide bonds. The van der Waals surface area contributed by atoms with Crippen LogP contribution in [-0.2, 0) is 0 Å².